The molecule has 1 aliphatic heterocycles. The molecular formula is C20H35NO2. The number of nitrogens with zero attached hydrogens (tertiary/aromatic N) is 1. The highest BCUT2D eigenvalue weighted by Crippen LogP contribution is 2.39. The summed E-state index contributed by atoms with van der Waals surface area (Å²) in [5.74, 6) is 2.42. The van der Waals surface area contributed by atoms with E-state index in [9.17, 15) is 10.2 Å². The van der Waals surface area contributed by atoms with E-state index in [0.717, 1.165) is 32.1 Å². The third-order valence-corrected chi connectivity index (χ3v) is 6.81. The summed E-state index contributed by atoms with van der Waals surface area (Å²) in [4.78, 5) is 5.07. The van der Waals surface area contributed by atoms with E-state index < -0.39 is 0 Å². The Balaban J connectivity index is 1.66. The standard InChI is InChI=1S/C20H35NO2/c1-13-10-17(22)11-14(2)18(13)12-16-8-9-19(23)20(21-16)15-6-4-3-5-7-15/h13-15,17-20,22-23H,3-12H2,1-2H3. The van der Waals surface area contributed by atoms with Crippen LogP contribution >= 0.6 is 0 Å². The van der Waals surface area contributed by atoms with Crippen molar-refractivity contribution >= 4 is 5.71 Å². The molecule has 3 nitrogen and oxygen atoms in total. The van der Waals surface area contributed by atoms with Gasteiger partial charge in [0.15, 0.2) is 0 Å². The first-order valence-electron chi connectivity index (χ1n) is 9.96. The van der Waals surface area contributed by atoms with Crippen molar-refractivity contribution in [1.29, 1.82) is 0 Å². The van der Waals surface area contributed by atoms with Gasteiger partial charge in [-0.25, -0.2) is 0 Å². The number of aliphatic hydroxyl groups is 2. The number of rotatable bonds is 3. The Bertz CT molecular complexity index is 404. The summed E-state index contributed by atoms with van der Waals surface area (Å²) in [6.45, 7) is 4.58. The van der Waals surface area contributed by atoms with Gasteiger partial charge in [0.2, 0.25) is 0 Å². The van der Waals surface area contributed by atoms with Gasteiger partial charge in [-0.05, 0) is 68.6 Å². The van der Waals surface area contributed by atoms with Crippen LogP contribution in [0.3, 0.4) is 0 Å². The van der Waals surface area contributed by atoms with Gasteiger partial charge in [0.1, 0.15) is 0 Å². The predicted molar refractivity (Wildman–Crippen MR) is 94.7 cm³/mol. The lowest BCUT2D eigenvalue weighted by molar-refractivity contribution is 0.0416. The van der Waals surface area contributed by atoms with Gasteiger partial charge in [-0.1, -0.05) is 33.1 Å². The monoisotopic (exact) mass is 321 g/mol. The summed E-state index contributed by atoms with van der Waals surface area (Å²) in [5, 5.41) is 20.4. The third-order valence-electron chi connectivity index (χ3n) is 6.81. The Morgan fingerprint density at radius 1 is 0.957 bits per heavy atom. The van der Waals surface area contributed by atoms with Crippen molar-refractivity contribution in [2.24, 2.45) is 28.7 Å². The van der Waals surface area contributed by atoms with Crippen LogP contribution in [0.5, 0.6) is 0 Å². The van der Waals surface area contributed by atoms with Crippen molar-refractivity contribution < 1.29 is 10.2 Å². The smallest absolute Gasteiger partial charge is 0.0786 e. The molecule has 0 aromatic heterocycles. The predicted octanol–water partition coefficient (Wildman–Crippen LogP) is 3.96. The molecule has 0 bridgehead atoms. The Morgan fingerprint density at radius 3 is 2.26 bits per heavy atom. The lowest BCUT2D eigenvalue weighted by Gasteiger charge is -2.39. The molecule has 1 heterocycles. The molecule has 2 N–H and O–H groups in total. The Labute approximate surface area is 141 Å². The minimum absolute atomic E-state index is 0.110. The zero-order valence-corrected chi connectivity index (χ0v) is 15.0. The second-order valence-corrected chi connectivity index (χ2v) is 8.64. The molecule has 2 fully saturated rings. The number of hydrogen-bond acceptors (Lipinski definition) is 3. The van der Waals surface area contributed by atoms with E-state index in [1.807, 2.05) is 0 Å². The van der Waals surface area contributed by atoms with Crippen LogP contribution in [-0.4, -0.2) is 34.2 Å². The van der Waals surface area contributed by atoms with Gasteiger partial charge in [0.25, 0.3) is 0 Å². The fourth-order valence-corrected chi connectivity index (χ4v) is 5.44. The highest BCUT2D eigenvalue weighted by molar-refractivity contribution is 5.85. The summed E-state index contributed by atoms with van der Waals surface area (Å²) in [5.41, 5.74) is 1.35. The molecule has 0 radical (unpaired) electrons. The van der Waals surface area contributed by atoms with Crippen LogP contribution in [0.1, 0.15) is 78.1 Å². The summed E-state index contributed by atoms with van der Waals surface area (Å²) < 4.78 is 0. The molecule has 0 saturated heterocycles. The maximum Gasteiger partial charge on any atom is 0.0786 e. The normalized spacial score (nSPS) is 43.2. The molecule has 2 aliphatic carbocycles. The molecule has 3 heteroatoms. The molecule has 4 atom stereocenters. The molecule has 23 heavy (non-hydrogen) atoms. The van der Waals surface area contributed by atoms with Gasteiger partial charge in [-0.15, -0.1) is 0 Å². The quantitative estimate of drug-likeness (QED) is 0.826. The van der Waals surface area contributed by atoms with Crippen molar-refractivity contribution in [2.75, 3.05) is 0 Å². The molecule has 2 saturated carbocycles. The second-order valence-electron chi connectivity index (χ2n) is 8.64. The molecule has 0 aromatic carbocycles. The van der Waals surface area contributed by atoms with E-state index in [4.69, 9.17) is 4.99 Å². The topological polar surface area (TPSA) is 52.8 Å². The molecular weight excluding hydrogens is 286 g/mol. The van der Waals surface area contributed by atoms with E-state index in [1.54, 1.807) is 0 Å². The number of aliphatic hydroxyl groups excluding tert-OH is 2. The molecule has 132 valence electrons. The van der Waals surface area contributed by atoms with Crippen molar-refractivity contribution in [3.8, 4) is 0 Å². The van der Waals surface area contributed by atoms with Crippen molar-refractivity contribution in [3.63, 3.8) is 0 Å². The van der Waals surface area contributed by atoms with Gasteiger partial charge < -0.3 is 10.2 Å². The molecule has 0 aromatic rings. The van der Waals surface area contributed by atoms with Crippen molar-refractivity contribution in [3.05, 3.63) is 0 Å². The number of hydrogen-bond donors (Lipinski definition) is 2. The number of aliphatic imine (C=N–C) groups is 1. The van der Waals surface area contributed by atoms with Crippen LogP contribution in [0.25, 0.3) is 0 Å². The van der Waals surface area contributed by atoms with E-state index in [2.05, 4.69) is 13.8 Å². The third kappa shape index (κ3) is 4.17. The van der Waals surface area contributed by atoms with Gasteiger partial charge in [0, 0.05) is 5.71 Å². The van der Waals surface area contributed by atoms with Crippen molar-refractivity contribution in [2.45, 2.75) is 96.3 Å². The van der Waals surface area contributed by atoms with Gasteiger partial charge in [-0.2, -0.15) is 0 Å². The summed E-state index contributed by atoms with van der Waals surface area (Å²) in [6.07, 6.45) is 11.0. The van der Waals surface area contributed by atoms with Gasteiger partial charge in [0.05, 0.1) is 18.2 Å². The largest absolute Gasteiger partial charge is 0.393 e. The van der Waals surface area contributed by atoms with E-state index >= 15 is 0 Å². The summed E-state index contributed by atoms with van der Waals surface area (Å²) >= 11 is 0. The summed E-state index contributed by atoms with van der Waals surface area (Å²) in [6, 6.07) is 0.166. The van der Waals surface area contributed by atoms with Crippen LogP contribution in [0.4, 0.5) is 0 Å². The fraction of sp³-hybridized carbons (Fsp3) is 0.950. The highest BCUT2D eigenvalue weighted by Gasteiger charge is 2.36. The Kier molecular flexibility index (Phi) is 5.79. The SMILES string of the molecule is CC1CC(O)CC(C)C1CC1=NC(C2CCCCC2)C(O)CC1. The Morgan fingerprint density at radius 2 is 1.61 bits per heavy atom. The molecule has 0 spiro atoms. The highest BCUT2D eigenvalue weighted by atomic mass is 16.3. The van der Waals surface area contributed by atoms with Crippen LogP contribution in [0, 0.1) is 23.7 Å². The first-order valence-corrected chi connectivity index (χ1v) is 9.96. The summed E-state index contributed by atoms with van der Waals surface area (Å²) in [7, 11) is 0. The first-order chi connectivity index (χ1) is 11.0. The lowest BCUT2D eigenvalue weighted by Crippen LogP contribution is -2.39. The van der Waals surface area contributed by atoms with E-state index in [0.29, 0.717) is 23.7 Å². The van der Waals surface area contributed by atoms with Crippen LogP contribution in [0.15, 0.2) is 4.99 Å². The van der Waals surface area contributed by atoms with Crippen LogP contribution in [-0.2, 0) is 0 Å². The maximum atomic E-state index is 10.4. The first kappa shape index (κ1) is 17.4. The minimum atomic E-state index is -0.218. The van der Waals surface area contributed by atoms with E-state index in [-0.39, 0.29) is 18.2 Å². The van der Waals surface area contributed by atoms with Crippen LogP contribution < -0.4 is 0 Å². The lowest BCUT2D eigenvalue weighted by atomic mass is 9.69. The van der Waals surface area contributed by atoms with Crippen LogP contribution in [0.2, 0.25) is 0 Å². The zero-order chi connectivity index (χ0) is 16.4. The van der Waals surface area contributed by atoms with Crippen molar-refractivity contribution in [1.82, 2.24) is 0 Å². The van der Waals surface area contributed by atoms with E-state index in [1.165, 1.54) is 37.8 Å². The Hall–Kier alpha value is -0.410. The van der Waals surface area contributed by atoms with Gasteiger partial charge >= 0.3 is 0 Å². The second kappa shape index (κ2) is 7.65. The minimum Gasteiger partial charge on any atom is -0.393 e. The molecule has 0 amide bonds. The average molecular weight is 322 g/mol. The molecule has 3 rings (SSSR count). The zero-order valence-electron chi connectivity index (χ0n) is 15.0. The fourth-order valence-electron chi connectivity index (χ4n) is 5.44. The molecule has 3 aliphatic rings. The van der Waals surface area contributed by atoms with Gasteiger partial charge in [-0.3, -0.25) is 4.99 Å². The average Bonchev–Trinajstić information content (AvgIpc) is 2.53. The molecule has 4 unspecified atom stereocenters. The maximum absolute atomic E-state index is 10.4.